The molecule has 0 radical (unpaired) electrons. The number of alkyl halides is 3. The van der Waals surface area contributed by atoms with Crippen molar-refractivity contribution in [2.45, 2.75) is 45.5 Å². The highest BCUT2D eigenvalue weighted by atomic mass is 19.4. The summed E-state index contributed by atoms with van der Waals surface area (Å²) in [7, 11) is 0. The summed E-state index contributed by atoms with van der Waals surface area (Å²) >= 11 is 0. The highest BCUT2D eigenvalue weighted by Crippen LogP contribution is 2.39. The molecule has 7 heteroatoms. The first kappa shape index (κ1) is 22.6. The standard InChI is InChI=1S/C24H24F3NO3/c1-4-31-22(30)20-19(14-17-11-8-12-18(13-17)24(25,26)27)23(2,3)28(21(20)29)15-16-9-6-5-7-10-16/h5-13H,4,14-15H2,1-3H3. The Bertz CT molecular complexity index is 1010. The van der Waals surface area contributed by atoms with E-state index in [2.05, 4.69) is 0 Å². The number of ether oxygens (including phenoxy) is 1. The number of hydrogen-bond acceptors (Lipinski definition) is 3. The fourth-order valence-electron chi connectivity index (χ4n) is 3.80. The molecule has 1 aliphatic rings. The molecule has 1 heterocycles. The van der Waals surface area contributed by atoms with Gasteiger partial charge in [-0.1, -0.05) is 48.5 Å². The molecule has 0 fully saturated rings. The molecule has 1 amide bonds. The van der Waals surface area contributed by atoms with Gasteiger partial charge in [-0.05, 0) is 50.0 Å². The Balaban J connectivity index is 2.02. The van der Waals surface area contributed by atoms with Crippen molar-refractivity contribution in [1.82, 2.24) is 4.90 Å². The maximum absolute atomic E-state index is 13.3. The number of carbonyl (C=O) groups is 2. The summed E-state index contributed by atoms with van der Waals surface area (Å²) in [5, 5.41) is 0. The second-order valence-corrected chi connectivity index (χ2v) is 7.88. The normalized spacial score (nSPS) is 16.1. The van der Waals surface area contributed by atoms with Crippen LogP contribution in [0.25, 0.3) is 0 Å². The molecule has 0 spiro atoms. The molecule has 0 N–H and O–H groups in total. The molecule has 0 saturated heterocycles. The Morgan fingerprint density at radius 1 is 1.03 bits per heavy atom. The number of esters is 1. The third kappa shape index (κ3) is 4.65. The van der Waals surface area contributed by atoms with Crippen LogP contribution in [0.4, 0.5) is 13.2 Å². The molecule has 164 valence electrons. The number of hydrogen-bond donors (Lipinski definition) is 0. The Labute approximate surface area is 179 Å². The number of halogens is 3. The van der Waals surface area contributed by atoms with Gasteiger partial charge in [0.25, 0.3) is 5.91 Å². The minimum Gasteiger partial charge on any atom is -0.462 e. The highest BCUT2D eigenvalue weighted by molar-refractivity contribution is 6.19. The summed E-state index contributed by atoms with van der Waals surface area (Å²) < 4.78 is 44.6. The zero-order chi connectivity index (χ0) is 22.8. The lowest BCUT2D eigenvalue weighted by Gasteiger charge is -2.35. The smallest absolute Gasteiger partial charge is 0.416 e. The van der Waals surface area contributed by atoms with E-state index in [9.17, 15) is 22.8 Å². The topological polar surface area (TPSA) is 46.6 Å². The monoisotopic (exact) mass is 431 g/mol. The second-order valence-electron chi connectivity index (χ2n) is 7.88. The SMILES string of the molecule is CCOC(=O)C1=C(Cc2cccc(C(F)(F)F)c2)C(C)(C)N(Cc2ccccc2)C1=O. The van der Waals surface area contributed by atoms with Gasteiger partial charge in [0.05, 0.1) is 17.7 Å². The van der Waals surface area contributed by atoms with Crippen LogP contribution < -0.4 is 0 Å². The van der Waals surface area contributed by atoms with Crippen LogP contribution in [0.3, 0.4) is 0 Å². The molecule has 0 atom stereocenters. The zero-order valence-corrected chi connectivity index (χ0v) is 17.6. The van der Waals surface area contributed by atoms with Crippen LogP contribution in [0.15, 0.2) is 65.7 Å². The van der Waals surface area contributed by atoms with E-state index in [1.165, 1.54) is 6.07 Å². The van der Waals surface area contributed by atoms with Crippen LogP contribution in [0.5, 0.6) is 0 Å². The second kappa shape index (κ2) is 8.57. The van der Waals surface area contributed by atoms with E-state index in [0.29, 0.717) is 11.1 Å². The van der Waals surface area contributed by atoms with Crippen molar-refractivity contribution < 1.29 is 27.5 Å². The van der Waals surface area contributed by atoms with Gasteiger partial charge in [-0.2, -0.15) is 13.2 Å². The molecule has 0 aromatic heterocycles. The van der Waals surface area contributed by atoms with Crippen LogP contribution in [0.1, 0.15) is 37.5 Å². The van der Waals surface area contributed by atoms with Crippen molar-refractivity contribution in [3.8, 4) is 0 Å². The maximum Gasteiger partial charge on any atom is 0.416 e. The summed E-state index contributed by atoms with van der Waals surface area (Å²) in [5.41, 5.74) is -0.0528. The summed E-state index contributed by atoms with van der Waals surface area (Å²) in [6.45, 7) is 5.58. The molecule has 2 aromatic rings. The largest absolute Gasteiger partial charge is 0.462 e. The molecule has 2 aromatic carbocycles. The van der Waals surface area contributed by atoms with Gasteiger partial charge in [-0.15, -0.1) is 0 Å². The average Bonchev–Trinajstić information content (AvgIpc) is 2.89. The fraction of sp³-hybridized carbons (Fsp3) is 0.333. The van der Waals surface area contributed by atoms with E-state index < -0.39 is 29.2 Å². The van der Waals surface area contributed by atoms with Gasteiger partial charge in [-0.3, -0.25) is 4.79 Å². The van der Waals surface area contributed by atoms with Gasteiger partial charge in [0.2, 0.25) is 0 Å². The fourth-order valence-corrected chi connectivity index (χ4v) is 3.80. The van der Waals surface area contributed by atoms with Gasteiger partial charge in [-0.25, -0.2) is 4.79 Å². The van der Waals surface area contributed by atoms with Crippen LogP contribution >= 0.6 is 0 Å². The lowest BCUT2D eigenvalue weighted by atomic mass is 9.87. The van der Waals surface area contributed by atoms with Crippen molar-refractivity contribution in [1.29, 1.82) is 0 Å². The summed E-state index contributed by atoms with van der Waals surface area (Å²) in [6, 6.07) is 14.3. The maximum atomic E-state index is 13.3. The zero-order valence-electron chi connectivity index (χ0n) is 17.6. The van der Waals surface area contributed by atoms with E-state index in [0.717, 1.165) is 17.7 Å². The van der Waals surface area contributed by atoms with Crippen molar-refractivity contribution >= 4 is 11.9 Å². The number of nitrogens with zero attached hydrogens (tertiary/aromatic N) is 1. The van der Waals surface area contributed by atoms with Crippen LogP contribution in [-0.2, 0) is 33.5 Å². The molecule has 4 nitrogen and oxygen atoms in total. The van der Waals surface area contributed by atoms with Crippen molar-refractivity contribution in [2.24, 2.45) is 0 Å². The molecular formula is C24H24F3NO3. The molecular weight excluding hydrogens is 407 g/mol. The predicted molar refractivity (Wildman–Crippen MR) is 110 cm³/mol. The molecule has 31 heavy (non-hydrogen) atoms. The Morgan fingerprint density at radius 3 is 2.29 bits per heavy atom. The molecule has 0 aliphatic carbocycles. The Hall–Kier alpha value is -3.09. The first-order valence-electron chi connectivity index (χ1n) is 9.98. The Morgan fingerprint density at radius 2 is 1.68 bits per heavy atom. The summed E-state index contributed by atoms with van der Waals surface area (Å²) in [5.74, 6) is -1.23. The third-order valence-electron chi connectivity index (χ3n) is 5.47. The third-order valence-corrected chi connectivity index (χ3v) is 5.47. The lowest BCUT2D eigenvalue weighted by molar-refractivity contribution is -0.142. The summed E-state index contributed by atoms with van der Waals surface area (Å²) in [6.07, 6.45) is -4.45. The quantitative estimate of drug-likeness (QED) is 0.481. The first-order valence-corrected chi connectivity index (χ1v) is 9.98. The van der Waals surface area contributed by atoms with E-state index in [1.54, 1.807) is 31.7 Å². The number of carbonyl (C=O) groups excluding carboxylic acids is 2. The van der Waals surface area contributed by atoms with Crippen molar-refractivity contribution in [3.63, 3.8) is 0 Å². The van der Waals surface area contributed by atoms with Crippen LogP contribution in [0.2, 0.25) is 0 Å². The minimum absolute atomic E-state index is 0.0299. The van der Waals surface area contributed by atoms with Gasteiger partial charge in [0.1, 0.15) is 5.57 Å². The Kier molecular flexibility index (Phi) is 6.25. The highest BCUT2D eigenvalue weighted by Gasteiger charge is 2.47. The number of rotatable bonds is 6. The first-order chi connectivity index (χ1) is 14.6. The molecule has 0 bridgehead atoms. The minimum atomic E-state index is -4.48. The van der Waals surface area contributed by atoms with Crippen LogP contribution in [0, 0.1) is 0 Å². The molecule has 0 saturated carbocycles. The lowest BCUT2D eigenvalue weighted by Crippen LogP contribution is -2.43. The van der Waals surface area contributed by atoms with E-state index in [4.69, 9.17) is 4.74 Å². The number of benzene rings is 2. The summed E-state index contributed by atoms with van der Waals surface area (Å²) in [4.78, 5) is 27.5. The van der Waals surface area contributed by atoms with E-state index in [1.807, 2.05) is 30.3 Å². The molecule has 0 unspecified atom stereocenters. The molecule has 1 aliphatic heterocycles. The van der Waals surface area contributed by atoms with Gasteiger partial charge < -0.3 is 9.64 Å². The van der Waals surface area contributed by atoms with Gasteiger partial charge >= 0.3 is 12.1 Å². The van der Waals surface area contributed by atoms with Gasteiger partial charge in [0, 0.05) is 6.54 Å². The molecule has 3 rings (SSSR count). The number of amides is 1. The predicted octanol–water partition coefficient (Wildman–Crippen LogP) is 4.93. The van der Waals surface area contributed by atoms with Gasteiger partial charge in [0.15, 0.2) is 0 Å². The van der Waals surface area contributed by atoms with E-state index >= 15 is 0 Å². The van der Waals surface area contributed by atoms with Crippen molar-refractivity contribution in [2.75, 3.05) is 6.61 Å². The average molecular weight is 431 g/mol. The van der Waals surface area contributed by atoms with Crippen molar-refractivity contribution in [3.05, 3.63) is 82.4 Å². The van der Waals surface area contributed by atoms with Crippen LogP contribution in [-0.4, -0.2) is 28.9 Å². The van der Waals surface area contributed by atoms with E-state index in [-0.39, 0.29) is 25.1 Å².